The Morgan fingerprint density at radius 2 is 2.19 bits per heavy atom. The van der Waals surface area contributed by atoms with E-state index in [4.69, 9.17) is 9.47 Å². The van der Waals surface area contributed by atoms with Crippen LogP contribution in [0.15, 0.2) is 41.5 Å². The van der Waals surface area contributed by atoms with E-state index in [1.165, 1.54) is 17.0 Å². The molecule has 0 spiro atoms. The van der Waals surface area contributed by atoms with Gasteiger partial charge in [0.2, 0.25) is 0 Å². The van der Waals surface area contributed by atoms with Gasteiger partial charge in [-0.15, -0.1) is 11.3 Å². The number of anilines is 1. The summed E-state index contributed by atoms with van der Waals surface area (Å²) >= 11 is 1.69. The van der Waals surface area contributed by atoms with Gasteiger partial charge in [0, 0.05) is 35.6 Å². The fourth-order valence-electron chi connectivity index (χ4n) is 4.47. The molecule has 0 radical (unpaired) electrons. The molecule has 1 unspecified atom stereocenters. The number of halogens is 1. The van der Waals surface area contributed by atoms with Crippen LogP contribution in [0, 0.1) is 5.82 Å². The number of thiophene rings is 1. The predicted molar refractivity (Wildman–Crippen MR) is 122 cm³/mol. The molecule has 2 N–H and O–H groups in total. The van der Waals surface area contributed by atoms with E-state index in [0.717, 1.165) is 24.2 Å². The molecular weight excluding hydrogens is 431 g/mol. The van der Waals surface area contributed by atoms with E-state index >= 15 is 0 Å². The lowest BCUT2D eigenvalue weighted by molar-refractivity contribution is -0.111. The molecule has 8 heteroatoms. The van der Waals surface area contributed by atoms with Gasteiger partial charge in [0.25, 0.3) is 5.91 Å². The van der Waals surface area contributed by atoms with Crippen LogP contribution in [0.25, 0.3) is 11.1 Å². The zero-order valence-electron chi connectivity index (χ0n) is 18.0. The van der Waals surface area contributed by atoms with Gasteiger partial charge in [0.1, 0.15) is 17.2 Å². The van der Waals surface area contributed by atoms with Gasteiger partial charge < -0.3 is 19.9 Å². The second kappa shape index (κ2) is 8.12. The van der Waals surface area contributed by atoms with Crippen molar-refractivity contribution in [1.82, 2.24) is 4.90 Å². The Labute approximate surface area is 189 Å². The van der Waals surface area contributed by atoms with E-state index in [1.807, 2.05) is 19.9 Å². The number of amides is 1. The minimum Gasteiger partial charge on any atom is -0.482 e. The first-order valence-corrected chi connectivity index (χ1v) is 11.5. The summed E-state index contributed by atoms with van der Waals surface area (Å²) in [6, 6.07) is 6.45. The van der Waals surface area contributed by atoms with Crippen LogP contribution in [-0.2, 0) is 20.8 Å². The largest absolute Gasteiger partial charge is 0.482 e. The van der Waals surface area contributed by atoms with Crippen LogP contribution in [0.2, 0.25) is 0 Å². The van der Waals surface area contributed by atoms with Gasteiger partial charge in [-0.2, -0.15) is 0 Å². The lowest BCUT2D eigenvalue weighted by Gasteiger charge is -2.31. The first-order valence-electron chi connectivity index (χ1n) is 10.6. The van der Waals surface area contributed by atoms with Crippen molar-refractivity contribution in [2.75, 3.05) is 31.6 Å². The Balaban J connectivity index is 1.43. The van der Waals surface area contributed by atoms with Crippen molar-refractivity contribution in [2.24, 2.45) is 0 Å². The molecule has 1 saturated heterocycles. The lowest BCUT2D eigenvalue weighted by Crippen LogP contribution is -2.43. The topological polar surface area (TPSA) is 71.0 Å². The third-order valence-electron chi connectivity index (χ3n) is 6.03. The number of carbonyl (C=O) groups is 1. The van der Waals surface area contributed by atoms with E-state index in [9.17, 15) is 14.3 Å². The number of benzene rings is 1. The summed E-state index contributed by atoms with van der Waals surface area (Å²) < 4.78 is 25.3. The average Bonchev–Trinajstić information content (AvgIpc) is 3.42. The summed E-state index contributed by atoms with van der Waals surface area (Å²) in [4.78, 5) is 16.1. The van der Waals surface area contributed by atoms with Gasteiger partial charge in [-0.05, 0) is 55.1 Å². The Bertz CT molecular complexity index is 1140. The van der Waals surface area contributed by atoms with Crippen LogP contribution < -0.4 is 5.32 Å². The predicted octanol–water partition coefficient (Wildman–Crippen LogP) is 3.64. The Kier molecular flexibility index (Phi) is 5.41. The summed E-state index contributed by atoms with van der Waals surface area (Å²) in [6.07, 6.45) is 1.80. The quantitative estimate of drug-likeness (QED) is 0.688. The molecule has 5 rings (SSSR count). The Morgan fingerprint density at radius 1 is 1.34 bits per heavy atom. The third-order valence-corrected chi connectivity index (χ3v) is 6.95. The summed E-state index contributed by atoms with van der Waals surface area (Å²) in [5.74, 6) is -0.180. The maximum absolute atomic E-state index is 13.6. The molecular formula is C24H25FN2O4S. The van der Waals surface area contributed by atoms with E-state index in [1.54, 1.807) is 17.4 Å². The molecule has 168 valence electrons. The maximum atomic E-state index is 13.6. The van der Waals surface area contributed by atoms with Crippen molar-refractivity contribution in [3.8, 4) is 0 Å². The fourth-order valence-corrected chi connectivity index (χ4v) is 5.39. The van der Waals surface area contributed by atoms with Crippen molar-refractivity contribution >= 4 is 34.1 Å². The smallest absolute Gasteiger partial charge is 0.260 e. The SMILES string of the molecule is CC1(C)OC(=C2C(=O)Nc3cc(F)ccc32)C=C1c1csc(CN2CCOC(CO)C2)c1. The zero-order valence-corrected chi connectivity index (χ0v) is 18.8. The number of hydrogen-bond donors (Lipinski definition) is 2. The van der Waals surface area contributed by atoms with Gasteiger partial charge in [-0.25, -0.2) is 4.39 Å². The molecule has 1 atom stereocenters. The summed E-state index contributed by atoms with van der Waals surface area (Å²) in [5.41, 5.74) is 3.00. The highest BCUT2D eigenvalue weighted by atomic mass is 32.1. The second-order valence-electron chi connectivity index (χ2n) is 8.77. The number of fused-ring (bicyclic) bond motifs is 1. The first kappa shape index (κ1) is 21.3. The minimum atomic E-state index is -0.606. The molecule has 6 nitrogen and oxygen atoms in total. The molecule has 1 aromatic heterocycles. The van der Waals surface area contributed by atoms with Crippen LogP contribution in [0.3, 0.4) is 0 Å². The summed E-state index contributed by atoms with van der Waals surface area (Å²) in [6.45, 7) is 6.98. The van der Waals surface area contributed by atoms with Gasteiger partial charge in [0.15, 0.2) is 0 Å². The monoisotopic (exact) mass is 456 g/mol. The standard InChI is InChI=1S/C24H25FN2O4S/c1-24(2)19(14-7-17(32-13-14)11-27-5-6-30-16(10-27)12-28)9-21(31-24)22-18-4-3-15(25)8-20(18)26-23(22)29/h3-4,7-9,13,16,28H,5-6,10-12H2,1-2H3,(H,26,29). The number of morpholine rings is 1. The van der Waals surface area contributed by atoms with Crippen molar-refractivity contribution in [3.05, 3.63) is 63.3 Å². The molecule has 1 amide bonds. The molecule has 3 aliphatic rings. The fraction of sp³-hybridized carbons (Fsp3) is 0.375. The van der Waals surface area contributed by atoms with Crippen LogP contribution >= 0.6 is 11.3 Å². The van der Waals surface area contributed by atoms with Crippen LogP contribution in [0.5, 0.6) is 0 Å². The third kappa shape index (κ3) is 3.88. The molecule has 0 saturated carbocycles. The highest BCUT2D eigenvalue weighted by Crippen LogP contribution is 2.45. The molecule has 4 heterocycles. The highest BCUT2D eigenvalue weighted by molar-refractivity contribution is 7.10. The van der Waals surface area contributed by atoms with Gasteiger partial charge >= 0.3 is 0 Å². The molecule has 0 aliphatic carbocycles. The summed E-state index contributed by atoms with van der Waals surface area (Å²) in [7, 11) is 0. The Hall–Kier alpha value is -2.52. The normalized spacial score (nSPS) is 24.8. The maximum Gasteiger partial charge on any atom is 0.260 e. The number of hydrogen-bond acceptors (Lipinski definition) is 6. The molecule has 1 fully saturated rings. The second-order valence-corrected chi connectivity index (χ2v) is 9.76. The highest BCUT2D eigenvalue weighted by Gasteiger charge is 2.38. The number of carbonyl (C=O) groups excluding carboxylic acids is 1. The van der Waals surface area contributed by atoms with E-state index < -0.39 is 11.4 Å². The van der Waals surface area contributed by atoms with E-state index in [2.05, 4.69) is 21.7 Å². The van der Waals surface area contributed by atoms with Crippen molar-refractivity contribution in [2.45, 2.75) is 32.1 Å². The molecule has 0 bridgehead atoms. The minimum absolute atomic E-state index is 0.0331. The van der Waals surface area contributed by atoms with Gasteiger partial charge in [0.05, 0.1) is 30.6 Å². The van der Waals surface area contributed by atoms with Crippen molar-refractivity contribution < 1.29 is 23.8 Å². The zero-order chi connectivity index (χ0) is 22.5. The van der Waals surface area contributed by atoms with Crippen molar-refractivity contribution in [3.63, 3.8) is 0 Å². The van der Waals surface area contributed by atoms with Crippen LogP contribution in [0.1, 0.15) is 29.9 Å². The molecule has 1 aromatic carbocycles. The van der Waals surface area contributed by atoms with E-state index in [0.29, 0.717) is 35.7 Å². The number of rotatable bonds is 4. The molecule has 3 aliphatic heterocycles. The molecule has 32 heavy (non-hydrogen) atoms. The number of nitrogens with zero attached hydrogens (tertiary/aromatic N) is 1. The van der Waals surface area contributed by atoms with E-state index in [-0.39, 0.29) is 18.6 Å². The van der Waals surface area contributed by atoms with Crippen molar-refractivity contribution in [1.29, 1.82) is 0 Å². The van der Waals surface area contributed by atoms with Crippen LogP contribution in [-0.4, -0.2) is 53.9 Å². The number of nitrogens with one attached hydrogen (secondary N) is 1. The lowest BCUT2D eigenvalue weighted by atomic mass is 9.94. The summed E-state index contributed by atoms with van der Waals surface area (Å²) in [5, 5.41) is 14.2. The molecule has 2 aromatic rings. The average molecular weight is 457 g/mol. The van der Waals surface area contributed by atoms with Gasteiger partial charge in [-0.3, -0.25) is 9.69 Å². The number of aliphatic hydroxyl groups excluding tert-OH is 1. The number of ether oxygens (including phenoxy) is 2. The number of allylic oxidation sites excluding steroid dienone is 1. The van der Waals surface area contributed by atoms with Gasteiger partial charge in [-0.1, -0.05) is 0 Å². The number of aliphatic hydroxyl groups is 1. The Morgan fingerprint density at radius 3 is 3.00 bits per heavy atom. The van der Waals surface area contributed by atoms with Crippen LogP contribution in [0.4, 0.5) is 10.1 Å². The first-order chi connectivity index (χ1) is 15.3.